The molecular weight excluding hydrogens is 266 g/mol. The molecule has 0 aliphatic carbocycles. The van der Waals surface area contributed by atoms with Gasteiger partial charge in [-0.25, -0.2) is 0 Å². The molecule has 4 heteroatoms. The van der Waals surface area contributed by atoms with Gasteiger partial charge in [0.25, 0.3) is 0 Å². The van der Waals surface area contributed by atoms with Crippen LogP contribution in [-0.4, -0.2) is 44.1 Å². The highest BCUT2D eigenvalue weighted by Crippen LogP contribution is 2.22. The van der Waals surface area contributed by atoms with Crippen molar-refractivity contribution < 1.29 is 14.6 Å². The first-order chi connectivity index (χ1) is 10.2. The van der Waals surface area contributed by atoms with Gasteiger partial charge in [-0.05, 0) is 50.3 Å². The maximum absolute atomic E-state index is 9.97. The summed E-state index contributed by atoms with van der Waals surface area (Å²) in [5.41, 5.74) is 2.22. The molecule has 21 heavy (non-hydrogen) atoms. The molecule has 2 N–H and O–H groups in total. The Morgan fingerprint density at radius 3 is 2.81 bits per heavy atom. The van der Waals surface area contributed by atoms with Gasteiger partial charge in [0.15, 0.2) is 0 Å². The van der Waals surface area contributed by atoms with Crippen LogP contribution in [0, 0.1) is 19.8 Å². The van der Waals surface area contributed by atoms with Crippen LogP contribution in [-0.2, 0) is 4.74 Å². The zero-order chi connectivity index (χ0) is 15.1. The number of rotatable bonds is 8. The van der Waals surface area contributed by atoms with Crippen molar-refractivity contribution >= 4 is 0 Å². The van der Waals surface area contributed by atoms with Gasteiger partial charge in [-0.3, -0.25) is 0 Å². The minimum absolute atomic E-state index is 0.325. The highest BCUT2D eigenvalue weighted by Gasteiger charge is 2.15. The van der Waals surface area contributed by atoms with Gasteiger partial charge in [0.1, 0.15) is 18.5 Å². The molecule has 1 fully saturated rings. The van der Waals surface area contributed by atoms with Crippen LogP contribution in [0.5, 0.6) is 5.75 Å². The molecule has 0 aromatic heterocycles. The van der Waals surface area contributed by atoms with Gasteiger partial charge in [0.2, 0.25) is 0 Å². The zero-order valence-corrected chi connectivity index (χ0v) is 13.1. The van der Waals surface area contributed by atoms with E-state index in [-0.39, 0.29) is 0 Å². The molecule has 118 valence electrons. The molecule has 0 spiro atoms. The number of aryl methyl sites for hydroxylation is 2. The van der Waals surface area contributed by atoms with Crippen LogP contribution in [0.25, 0.3) is 0 Å². The molecule has 2 atom stereocenters. The lowest BCUT2D eigenvalue weighted by Crippen LogP contribution is -2.32. The first-order valence-electron chi connectivity index (χ1n) is 7.82. The van der Waals surface area contributed by atoms with Gasteiger partial charge >= 0.3 is 0 Å². The van der Waals surface area contributed by atoms with E-state index in [0.717, 1.165) is 43.1 Å². The molecule has 0 radical (unpaired) electrons. The summed E-state index contributed by atoms with van der Waals surface area (Å²) in [4.78, 5) is 0. The lowest BCUT2D eigenvalue weighted by atomic mass is 10.1. The Labute approximate surface area is 127 Å². The van der Waals surface area contributed by atoms with Crippen molar-refractivity contribution in [3.05, 3.63) is 29.3 Å². The Morgan fingerprint density at radius 1 is 1.38 bits per heavy atom. The summed E-state index contributed by atoms with van der Waals surface area (Å²) in [7, 11) is 0. The van der Waals surface area contributed by atoms with Crippen molar-refractivity contribution in [2.75, 3.05) is 32.9 Å². The number of hydrogen-bond donors (Lipinski definition) is 2. The van der Waals surface area contributed by atoms with E-state index in [2.05, 4.69) is 5.32 Å². The summed E-state index contributed by atoms with van der Waals surface area (Å²) in [5.74, 6) is 1.57. The fourth-order valence-electron chi connectivity index (χ4n) is 2.65. The van der Waals surface area contributed by atoms with E-state index < -0.39 is 6.10 Å². The van der Waals surface area contributed by atoms with Crippen LogP contribution in [0.1, 0.15) is 24.0 Å². The highest BCUT2D eigenvalue weighted by atomic mass is 16.5. The predicted molar refractivity (Wildman–Crippen MR) is 83.8 cm³/mol. The summed E-state index contributed by atoms with van der Waals surface area (Å²) in [5, 5.41) is 13.3. The van der Waals surface area contributed by atoms with Crippen molar-refractivity contribution in [1.82, 2.24) is 5.32 Å². The monoisotopic (exact) mass is 293 g/mol. The standard InChI is InChI=1S/C17H27NO3/c1-13-4-3-5-14(2)17(13)21-12-16(19)10-18-8-6-15-7-9-20-11-15/h3-5,15-16,18-19H,6-12H2,1-2H3. The average Bonchev–Trinajstić information content (AvgIpc) is 2.96. The minimum Gasteiger partial charge on any atom is -0.490 e. The lowest BCUT2D eigenvalue weighted by molar-refractivity contribution is 0.105. The third-order valence-electron chi connectivity index (χ3n) is 3.96. The molecule has 1 aromatic carbocycles. The molecule has 0 saturated carbocycles. The molecule has 1 saturated heterocycles. The van der Waals surface area contributed by atoms with Crippen LogP contribution < -0.4 is 10.1 Å². The van der Waals surface area contributed by atoms with E-state index in [1.807, 2.05) is 32.0 Å². The van der Waals surface area contributed by atoms with Gasteiger partial charge in [0, 0.05) is 19.8 Å². The van der Waals surface area contributed by atoms with Gasteiger partial charge in [-0.1, -0.05) is 18.2 Å². The van der Waals surface area contributed by atoms with Crippen LogP contribution in [0.2, 0.25) is 0 Å². The lowest BCUT2D eigenvalue weighted by Gasteiger charge is -2.16. The zero-order valence-electron chi connectivity index (χ0n) is 13.1. The largest absolute Gasteiger partial charge is 0.490 e. The summed E-state index contributed by atoms with van der Waals surface area (Å²) in [6, 6.07) is 6.07. The highest BCUT2D eigenvalue weighted by molar-refractivity contribution is 5.39. The number of ether oxygens (including phenoxy) is 2. The molecule has 2 unspecified atom stereocenters. The molecule has 0 bridgehead atoms. The molecular formula is C17H27NO3. The Hall–Kier alpha value is -1.10. The van der Waals surface area contributed by atoms with E-state index in [0.29, 0.717) is 19.1 Å². The van der Waals surface area contributed by atoms with Gasteiger partial charge in [-0.2, -0.15) is 0 Å². The Bertz CT molecular complexity index is 410. The first-order valence-corrected chi connectivity index (χ1v) is 7.82. The number of aliphatic hydroxyl groups excluding tert-OH is 1. The second-order valence-electron chi connectivity index (χ2n) is 5.91. The van der Waals surface area contributed by atoms with Crippen LogP contribution in [0.4, 0.5) is 0 Å². The van der Waals surface area contributed by atoms with E-state index in [1.165, 1.54) is 6.42 Å². The second-order valence-corrected chi connectivity index (χ2v) is 5.91. The van der Waals surface area contributed by atoms with E-state index in [9.17, 15) is 5.11 Å². The average molecular weight is 293 g/mol. The van der Waals surface area contributed by atoms with E-state index >= 15 is 0 Å². The third-order valence-corrected chi connectivity index (χ3v) is 3.96. The van der Waals surface area contributed by atoms with Gasteiger partial charge in [-0.15, -0.1) is 0 Å². The number of nitrogens with one attached hydrogen (secondary N) is 1. The predicted octanol–water partition coefficient (Wildman–Crippen LogP) is 2.06. The van der Waals surface area contributed by atoms with Gasteiger partial charge < -0.3 is 19.9 Å². The summed E-state index contributed by atoms with van der Waals surface area (Å²) < 4.78 is 11.1. The fraction of sp³-hybridized carbons (Fsp3) is 0.647. The van der Waals surface area contributed by atoms with Crippen molar-refractivity contribution in [2.45, 2.75) is 32.8 Å². The normalized spacial score (nSPS) is 19.7. The molecule has 1 aliphatic rings. The van der Waals surface area contributed by atoms with Crippen molar-refractivity contribution in [1.29, 1.82) is 0 Å². The van der Waals surface area contributed by atoms with E-state index in [1.54, 1.807) is 0 Å². The molecule has 1 aromatic rings. The smallest absolute Gasteiger partial charge is 0.125 e. The van der Waals surface area contributed by atoms with E-state index in [4.69, 9.17) is 9.47 Å². The number of para-hydroxylation sites is 1. The number of benzene rings is 1. The van der Waals surface area contributed by atoms with Crippen LogP contribution >= 0.6 is 0 Å². The molecule has 0 amide bonds. The quantitative estimate of drug-likeness (QED) is 0.720. The second kappa shape index (κ2) is 8.37. The SMILES string of the molecule is Cc1cccc(C)c1OCC(O)CNCCC1CCOC1. The van der Waals surface area contributed by atoms with Crippen LogP contribution in [0.3, 0.4) is 0 Å². The Kier molecular flexibility index (Phi) is 6.49. The maximum Gasteiger partial charge on any atom is 0.125 e. The number of hydrogen-bond acceptors (Lipinski definition) is 4. The Balaban J connectivity index is 1.62. The summed E-state index contributed by atoms with van der Waals surface area (Å²) >= 11 is 0. The van der Waals surface area contributed by atoms with Crippen molar-refractivity contribution in [3.8, 4) is 5.75 Å². The Morgan fingerprint density at radius 2 is 2.14 bits per heavy atom. The topological polar surface area (TPSA) is 50.7 Å². The molecule has 1 aliphatic heterocycles. The molecule has 2 rings (SSSR count). The third kappa shape index (κ3) is 5.30. The fourth-order valence-corrected chi connectivity index (χ4v) is 2.65. The maximum atomic E-state index is 9.97. The van der Waals surface area contributed by atoms with Crippen molar-refractivity contribution in [2.24, 2.45) is 5.92 Å². The number of aliphatic hydroxyl groups is 1. The minimum atomic E-state index is -0.483. The summed E-state index contributed by atoms with van der Waals surface area (Å²) in [6.07, 6.45) is 1.80. The van der Waals surface area contributed by atoms with Crippen LogP contribution in [0.15, 0.2) is 18.2 Å². The first kappa shape index (κ1) is 16.3. The van der Waals surface area contributed by atoms with Crippen molar-refractivity contribution in [3.63, 3.8) is 0 Å². The molecule has 4 nitrogen and oxygen atoms in total. The molecule has 1 heterocycles. The van der Waals surface area contributed by atoms with Gasteiger partial charge in [0.05, 0.1) is 0 Å². The summed E-state index contributed by atoms with van der Waals surface area (Å²) in [6.45, 7) is 7.66.